The number of halogens is 4. The zero-order valence-corrected chi connectivity index (χ0v) is 9.57. The van der Waals surface area contributed by atoms with Crippen molar-refractivity contribution < 1.29 is 0 Å². The van der Waals surface area contributed by atoms with Crippen molar-refractivity contribution in [1.82, 2.24) is 0 Å². The molecular formula is C7H4Cl4S. The van der Waals surface area contributed by atoms with E-state index in [0.717, 1.165) is 16.7 Å². The average molecular weight is 262 g/mol. The largest absolute Gasteiger partial charge is 0.241 e. The highest BCUT2D eigenvalue weighted by Gasteiger charge is 2.20. The Balaban J connectivity index is 2.77. The Labute approximate surface area is 95.1 Å². The summed E-state index contributed by atoms with van der Waals surface area (Å²) in [5, 5.41) is 0.634. The van der Waals surface area contributed by atoms with Crippen LogP contribution in [0.5, 0.6) is 0 Å². The first-order chi connectivity index (χ1) is 5.47. The first kappa shape index (κ1) is 10.8. The lowest BCUT2D eigenvalue weighted by Crippen LogP contribution is -1.92. The molecule has 0 aliphatic rings. The van der Waals surface area contributed by atoms with Crippen molar-refractivity contribution in [1.29, 1.82) is 0 Å². The van der Waals surface area contributed by atoms with Gasteiger partial charge in [-0.1, -0.05) is 64.2 Å². The van der Waals surface area contributed by atoms with Crippen LogP contribution in [0, 0.1) is 0 Å². The molecule has 0 nitrogen and oxygen atoms in total. The highest BCUT2D eigenvalue weighted by molar-refractivity contribution is 8.04. The number of thioether (sulfide) groups is 1. The molecule has 0 spiro atoms. The number of hydrogen-bond acceptors (Lipinski definition) is 1. The van der Waals surface area contributed by atoms with Crippen molar-refractivity contribution in [3.05, 3.63) is 29.3 Å². The molecule has 0 aromatic heterocycles. The van der Waals surface area contributed by atoms with E-state index in [2.05, 4.69) is 0 Å². The molecule has 0 unspecified atom stereocenters. The van der Waals surface area contributed by atoms with Crippen LogP contribution in [0.1, 0.15) is 0 Å². The summed E-state index contributed by atoms with van der Waals surface area (Å²) in [6.07, 6.45) is 0. The van der Waals surface area contributed by atoms with Gasteiger partial charge >= 0.3 is 0 Å². The summed E-state index contributed by atoms with van der Waals surface area (Å²) >= 11 is 23.6. The highest BCUT2D eigenvalue weighted by Crippen LogP contribution is 2.43. The van der Waals surface area contributed by atoms with Crippen molar-refractivity contribution in [2.75, 3.05) is 0 Å². The van der Waals surface area contributed by atoms with Crippen LogP contribution < -0.4 is 0 Å². The molecule has 0 radical (unpaired) electrons. The lowest BCUT2D eigenvalue weighted by atomic mass is 10.4. The minimum absolute atomic E-state index is 0.634. The van der Waals surface area contributed by atoms with Crippen LogP contribution in [0.4, 0.5) is 0 Å². The van der Waals surface area contributed by atoms with E-state index in [0.29, 0.717) is 5.02 Å². The zero-order chi connectivity index (χ0) is 9.19. The van der Waals surface area contributed by atoms with Gasteiger partial charge < -0.3 is 0 Å². The van der Waals surface area contributed by atoms with Crippen LogP contribution >= 0.6 is 58.2 Å². The molecular weight excluding hydrogens is 258 g/mol. The van der Waals surface area contributed by atoms with Crippen molar-refractivity contribution in [3.63, 3.8) is 0 Å². The second-order valence-electron chi connectivity index (χ2n) is 2.01. The molecule has 1 aromatic rings. The van der Waals surface area contributed by atoms with E-state index >= 15 is 0 Å². The highest BCUT2D eigenvalue weighted by atomic mass is 35.6. The topological polar surface area (TPSA) is 0 Å². The molecule has 0 aliphatic heterocycles. The standard InChI is InChI=1S/C7H4Cl4S/c8-5-2-1-3-6(4-5)12-7(9,10)11/h1-4H. The van der Waals surface area contributed by atoms with Gasteiger partial charge in [0, 0.05) is 9.92 Å². The third kappa shape index (κ3) is 4.11. The number of benzene rings is 1. The number of rotatable bonds is 1. The Morgan fingerprint density at radius 2 is 1.83 bits per heavy atom. The molecule has 0 atom stereocenters. The summed E-state index contributed by atoms with van der Waals surface area (Å²) < 4.78 is -1.33. The second kappa shape index (κ2) is 4.30. The molecule has 12 heavy (non-hydrogen) atoms. The zero-order valence-electron chi connectivity index (χ0n) is 5.73. The van der Waals surface area contributed by atoms with E-state index in [1.54, 1.807) is 18.2 Å². The summed E-state index contributed by atoms with van der Waals surface area (Å²) in [6.45, 7) is 0. The summed E-state index contributed by atoms with van der Waals surface area (Å²) in [5.41, 5.74) is 0. The first-order valence-corrected chi connectivity index (χ1v) is 5.31. The van der Waals surface area contributed by atoms with Crippen molar-refractivity contribution in [2.24, 2.45) is 0 Å². The van der Waals surface area contributed by atoms with Crippen molar-refractivity contribution in [2.45, 2.75) is 8.02 Å². The Morgan fingerprint density at radius 1 is 1.17 bits per heavy atom. The van der Waals surface area contributed by atoms with Crippen LogP contribution in [-0.2, 0) is 0 Å². The van der Waals surface area contributed by atoms with Gasteiger partial charge in [0.2, 0.25) is 3.12 Å². The molecule has 0 N–H and O–H groups in total. The van der Waals surface area contributed by atoms with Gasteiger partial charge in [0.1, 0.15) is 0 Å². The predicted molar refractivity (Wildman–Crippen MR) is 57.6 cm³/mol. The Kier molecular flexibility index (Phi) is 3.87. The third-order valence-corrected chi connectivity index (χ3v) is 2.68. The Hall–Kier alpha value is 0.730. The lowest BCUT2D eigenvalue weighted by Gasteiger charge is -2.09. The van der Waals surface area contributed by atoms with Gasteiger partial charge in [-0.25, -0.2) is 0 Å². The molecule has 1 rings (SSSR count). The fourth-order valence-corrected chi connectivity index (χ4v) is 2.32. The normalized spacial score (nSPS) is 11.7. The van der Waals surface area contributed by atoms with Crippen LogP contribution in [0.2, 0.25) is 5.02 Å². The van der Waals surface area contributed by atoms with E-state index in [1.165, 1.54) is 0 Å². The maximum atomic E-state index is 5.73. The molecule has 0 saturated carbocycles. The summed E-state index contributed by atoms with van der Waals surface area (Å²) in [5.74, 6) is 0. The minimum atomic E-state index is -1.33. The van der Waals surface area contributed by atoms with Crippen LogP contribution in [-0.4, -0.2) is 3.12 Å². The van der Waals surface area contributed by atoms with Gasteiger partial charge in [0.25, 0.3) is 0 Å². The molecule has 0 fully saturated rings. The summed E-state index contributed by atoms with van der Waals surface area (Å²) in [7, 11) is 0. The molecule has 66 valence electrons. The quantitative estimate of drug-likeness (QED) is 0.519. The maximum Gasteiger partial charge on any atom is 0.241 e. The average Bonchev–Trinajstić information content (AvgIpc) is 1.82. The van der Waals surface area contributed by atoms with Gasteiger partial charge in [-0.2, -0.15) is 0 Å². The number of alkyl halides is 3. The maximum absolute atomic E-state index is 5.73. The molecule has 0 saturated heterocycles. The second-order valence-corrected chi connectivity index (χ2v) is 6.68. The smallest absolute Gasteiger partial charge is 0.0843 e. The fourth-order valence-electron chi connectivity index (χ4n) is 0.664. The summed E-state index contributed by atoms with van der Waals surface area (Å²) in [6, 6.07) is 7.15. The van der Waals surface area contributed by atoms with E-state index in [1.807, 2.05) is 6.07 Å². The minimum Gasteiger partial charge on any atom is -0.0843 e. The molecule has 0 bridgehead atoms. The van der Waals surface area contributed by atoms with Crippen molar-refractivity contribution >= 4 is 58.2 Å². The molecule has 0 aliphatic carbocycles. The van der Waals surface area contributed by atoms with Crippen LogP contribution in [0.25, 0.3) is 0 Å². The number of hydrogen-bond donors (Lipinski definition) is 0. The fraction of sp³-hybridized carbons (Fsp3) is 0.143. The van der Waals surface area contributed by atoms with Crippen molar-refractivity contribution in [3.8, 4) is 0 Å². The lowest BCUT2D eigenvalue weighted by molar-refractivity contribution is 1.45. The van der Waals surface area contributed by atoms with Gasteiger partial charge in [0.15, 0.2) is 0 Å². The van der Waals surface area contributed by atoms with E-state index in [9.17, 15) is 0 Å². The van der Waals surface area contributed by atoms with E-state index in [-0.39, 0.29) is 0 Å². The molecule has 1 aromatic carbocycles. The predicted octanol–water partition coefficient (Wildman–Crippen LogP) is 4.76. The van der Waals surface area contributed by atoms with Gasteiger partial charge in [-0.3, -0.25) is 0 Å². The van der Waals surface area contributed by atoms with E-state index in [4.69, 9.17) is 46.4 Å². The third-order valence-electron chi connectivity index (χ3n) is 1.03. The van der Waals surface area contributed by atoms with E-state index < -0.39 is 3.12 Å². The monoisotopic (exact) mass is 260 g/mol. The first-order valence-electron chi connectivity index (χ1n) is 2.99. The molecule has 0 amide bonds. The SMILES string of the molecule is Clc1cccc(SC(Cl)(Cl)Cl)c1. The van der Waals surface area contributed by atoms with Gasteiger partial charge in [-0.15, -0.1) is 0 Å². The Morgan fingerprint density at radius 3 is 2.33 bits per heavy atom. The van der Waals surface area contributed by atoms with Gasteiger partial charge in [-0.05, 0) is 18.2 Å². The Bertz CT molecular complexity index is 268. The van der Waals surface area contributed by atoms with Crippen LogP contribution in [0.15, 0.2) is 29.2 Å². The van der Waals surface area contributed by atoms with Crippen LogP contribution in [0.3, 0.4) is 0 Å². The molecule has 5 heteroatoms. The summed E-state index contributed by atoms with van der Waals surface area (Å²) in [4.78, 5) is 0.836. The molecule has 0 heterocycles. The van der Waals surface area contributed by atoms with Gasteiger partial charge in [0.05, 0.1) is 0 Å².